The van der Waals surface area contributed by atoms with Gasteiger partial charge in [0.2, 0.25) is 9.84 Å². The van der Waals surface area contributed by atoms with Gasteiger partial charge in [-0.2, -0.15) is 0 Å². The monoisotopic (exact) mass is 302 g/mol. The second-order valence-corrected chi connectivity index (χ2v) is 6.41. The third kappa shape index (κ3) is 3.38. The molecule has 0 saturated carbocycles. The Bertz CT molecular complexity index is 760. The van der Waals surface area contributed by atoms with Crippen LogP contribution in [0.1, 0.15) is 6.92 Å². The molecule has 4 nitrogen and oxygen atoms in total. The van der Waals surface area contributed by atoms with Crippen molar-refractivity contribution in [1.82, 2.24) is 0 Å². The molecule has 2 aromatic carbocycles. The summed E-state index contributed by atoms with van der Waals surface area (Å²) in [4.78, 5) is 11.7. The van der Waals surface area contributed by atoms with Gasteiger partial charge in [0.05, 0.1) is 9.79 Å². The van der Waals surface area contributed by atoms with Crippen LogP contribution in [-0.4, -0.2) is 14.4 Å². The number of carbonyl (C=O) groups excluding carboxylic acids is 1. The number of sulfone groups is 1. The minimum Gasteiger partial charge on any atom is -0.423 e. The topological polar surface area (TPSA) is 60.4 Å². The standard InChI is InChI=1S/C16H14O4S/c1-12(2)16(17)20-13-8-10-15(11-9-13)21(18,19)14-6-4-3-5-7-14/h3-11H,1H2,2H3. The first-order valence-corrected chi connectivity index (χ1v) is 7.67. The zero-order valence-electron chi connectivity index (χ0n) is 11.4. The zero-order valence-corrected chi connectivity index (χ0v) is 12.3. The van der Waals surface area contributed by atoms with E-state index in [0.717, 1.165) is 0 Å². The summed E-state index contributed by atoms with van der Waals surface area (Å²) in [6.45, 7) is 5.02. The summed E-state index contributed by atoms with van der Waals surface area (Å²) in [5.74, 6) is -0.274. The maximum absolute atomic E-state index is 12.4. The van der Waals surface area contributed by atoms with Crippen LogP contribution in [0.4, 0.5) is 0 Å². The molecule has 0 atom stereocenters. The van der Waals surface area contributed by atoms with Crippen molar-refractivity contribution in [2.75, 3.05) is 0 Å². The van der Waals surface area contributed by atoms with E-state index in [2.05, 4.69) is 6.58 Å². The molecule has 2 aromatic rings. The minimum absolute atomic E-state index is 0.142. The predicted octanol–water partition coefficient (Wildman–Crippen LogP) is 3.00. The molecule has 0 heterocycles. The SMILES string of the molecule is C=C(C)C(=O)Oc1ccc(S(=O)(=O)c2ccccc2)cc1. The first-order chi connectivity index (χ1) is 9.91. The highest BCUT2D eigenvalue weighted by Crippen LogP contribution is 2.23. The van der Waals surface area contributed by atoms with Crippen LogP contribution in [-0.2, 0) is 14.6 Å². The highest BCUT2D eigenvalue weighted by molar-refractivity contribution is 7.91. The van der Waals surface area contributed by atoms with Crippen LogP contribution >= 0.6 is 0 Å². The van der Waals surface area contributed by atoms with Gasteiger partial charge in [-0.05, 0) is 43.3 Å². The number of hydrogen-bond donors (Lipinski definition) is 0. The fourth-order valence-corrected chi connectivity index (χ4v) is 2.90. The molecule has 0 saturated heterocycles. The maximum atomic E-state index is 12.4. The fraction of sp³-hybridized carbons (Fsp3) is 0.0625. The van der Waals surface area contributed by atoms with Crippen molar-refractivity contribution in [2.24, 2.45) is 0 Å². The third-order valence-corrected chi connectivity index (χ3v) is 4.53. The molecule has 108 valence electrons. The van der Waals surface area contributed by atoms with Crippen molar-refractivity contribution in [3.05, 3.63) is 66.7 Å². The number of carbonyl (C=O) groups is 1. The van der Waals surface area contributed by atoms with E-state index >= 15 is 0 Å². The van der Waals surface area contributed by atoms with Crippen molar-refractivity contribution < 1.29 is 17.9 Å². The van der Waals surface area contributed by atoms with Crippen molar-refractivity contribution in [1.29, 1.82) is 0 Å². The minimum atomic E-state index is -3.56. The van der Waals surface area contributed by atoms with E-state index in [9.17, 15) is 13.2 Å². The van der Waals surface area contributed by atoms with E-state index in [1.807, 2.05) is 0 Å². The van der Waals surface area contributed by atoms with Crippen molar-refractivity contribution >= 4 is 15.8 Å². The number of hydrogen-bond acceptors (Lipinski definition) is 4. The summed E-state index contributed by atoms with van der Waals surface area (Å²) in [6.07, 6.45) is 0. The summed E-state index contributed by atoms with van der Waals surface area (Å²) < 4.78 is 29.7. The highest BCUT2D eigenvalue weighted by Gasteiger charge is 2.17. The van der Waals surface area contributed by atoms with Gasteiger partial charge < -0.3 is 4.74 Å². The largest absolute Gasteiger partial charge is 0.423 e. The van der Waals surface area contributed by atoms with Crippen LogP contribution in [0.2, 0.25) is 0 Å². The Morgan fingerprint density at radius 2 is 1.48 bits per heavy atom. The molecule has 0 fully saturated rings. The Balaban J connectivity index is 2.27. The van der Waals surface area contributed by atoms with Gasteiger partial charge in [0.1, 0.15) is 5.75 Å². The van der Waals surface area contributed by atoms with Crippen molar-refractivity contribution in [2.45, 2.75) is 16.7 Å². The lowest BCUT2D eigenvalue weighted by atomic mass is 10.3. The van der Waals surface area contributed by atoms with Crippen LogP contribution in [0.3, 0.4) is 0 Å². The summed E-state index contributed by atoms with van der Waals surface area (Å²) in [6, 6.07) is 13.8. The van der Waals surface area contributed by atoms with Crippen LogP contribution in [0.25, 0.3) is 0 Å². The number of ether oxygens (including phenoxy) is 1. The molecule has 0 bridgehead atoms. The number of esters is 1. The van der Waals surface area contributed by atoms with Gasteiger partial charge in [0, 0.05) is 5.57 Å². The smallest absolute Gasteiger partial charge is 0.338 e. The molecule has 21 heavy (non-hydrogen) atoms. The van der Waals surface area contributed by atoms with Gasteiger partial charge in [-0.25, -0.2) is 13.2 Å². The van der Waals surface area contributed by atoms with E-state index in [4.69, 9.17) is 4.74 Å². The molecular formula is C16H14O4S. The molecule has 0 aliphatic rings. The fourth-order valence-electron chi connectivity index (χ4n) is 1.62. The van der Waals surface area contributed by atoms with Gasteiger partial charge in [-0.3, -0.25) is 0 Å². The lowest BCUT2D eigenvalue weighted by molar-refractivity contribution is -0.130. The average Bonchev–Trinajstić information content (AvgIpc) is 2.48. The van der Waals surface area contributed by atoms with Crippen LogP contribution in [0.5, 0.6) is 5.75 Å². The molecule has 2 rings (SSSR count). The Morgan fingerprint density at radius 3 is 2.00 bits per heavy atom. The number of rotatable bonds is 4. The summed E-state index contributed by atoms with van der Waals surface area (Å²) in [5, 5.41) is 0. The first kappa shape index (κ1) is 15.0. The normalized spacial score (nSPS) is 10.9. The second-order valence-electron chi connectivity index (χ2n) is 4.46. The van der Waals surface area contributed by atoms with E-state index in [0.29, 0.717) is 0 Å². The molecular weight excluding hydrogens is 288 g/mol. The third-order valence-electron chi connectivity index (χ3n) is 2.75. The quantitative estimate of drug-likeness (QED) is 0.495. The Hall–Kier alpha value is -2.40. The van der Waals surface area contributed by atoms with Gasteiger partial charge in [-0.15, -0.1) is 0 Å². The number of benzene rings is 2. The van der Waals surface area contributed by atoms with E-state index < -0.39 is 15.8 Å². The summed E-state index contributed by atoms with van der Waals surface area (Å²) >= 11 is 0. The first-order valence-electron chi connectivity index (χ1n) is 6.19. The molecule has 0 N–H and O–H groups in total. The lowest BCUT2D eigenvalue weighted by Gasteiger charge is -2.06. The molecule has 0 aliphatic heterocycles. The Labute approximate surface area is 123 Å². The molecule has 0 spiro atoms. The molecule has 0 radical (unpaired) electrons. The van der Waals surface area contributed by atoms with Crippen LogP contribution in [0.15, 0.2) is 76.5 Å². The summed E-state index contributed by atoms with van der Waals surface area (Å²) in [7, 11) is -3.56. The highest BCUT2D eigenvalue weighted by atomic mass is 32.2. The molecule has 0 aromatic heterocycles. The lowest BCUT2D eigenvalue weighted by Crippen LogP contribution is -2.08. The van der Waals surface area contributed by atoms with Gasteiger partial charge in [0.25, 0.3) is 0 Å². The Morgan fingerprint density at radius 1 is 0.952 bits per heavy atom. The molecule has 0 amide bonds. The van der Waals surface area contributed by atoms with Crippen LogP contribution in [0, 0.1) is 0 Å². The summed E-state index contributed by atoms with van der Waals surface area (Å²) in [5.41, 5.74) is 0.274. The zero-order chi connectivity index (χ0) is 15.5. The van der Waals surface area contributed by atoms with Crippen molar-refractivity contribution in [3.8, 4) is 5.75 Å². The van der Waals surface area contributed by atoms with E-state index in [1.165, 1.54) is 43.3 Å². The second kappa shape index (κ2) is 5.93. The average molecular weight is 302 g/mol. The Kier molecular flexibility index (Phi) is 4.23. The van der Waals surface area contributed by atoms with Crippen molar-refractivity contribution in [3.63, 3.8) is 0 Å². The molecule has 0 aliphatic carbocycles. The maximum Gasteiger partial charge on any atom is 0.338 e. The predicted molar refractivity (Wildman–Crippen MR) is 78.8 cm³/mol. The van der Waals surface area contributed by atoms with Gasteiger partial charge >= 0.3 is 5.97 Å². The molecule has 5 heteroatoms. The van der Waals surface area contributed by atoms with E-state index in [1.54, 1.807) is 18.2 Å². The molecule has 0 unspecified atom stereocenters. The van der Waals surface area contributed by atoms with E-state index in [-0.39, 0.29) is 21.1 Å². The van der Waals surface area contributed by atoms with Crippen LogP contribution < -0.4 is 4.74 Å². The van der Waals surface area contributed by atoms with Gasteiger partial charge in [0.15, 0.2) is 0 Å². The van der Waals surface area contributed by atoms with Gasteiger partial charge in [-0.1, -0.05) is 24.8 Å².